The molecule has 0 fully saturated rings. The lowest BCUT2D eigenvalue weighted by Crippen LogP contribution is -2.16. The predicted octanol–water partition coefficient (Wildman–Crippen LogP) is 3.19. The molecular formula is C19H17NO4. The number of aromatic hydroxyl groups is 1. The van der Waals surface area contributed by atoms with E-state index in [1.165, 1.54) is 13.0 Å². The lowest BCUT2D eigenvalue weighted by molar-refractivity contribution is -0.117. The van der Waals surface area contributed by atoms with E-state index in [-0.39, 0.29) is 29.1 Å². The number of benzene rings is 2. The fourth-order valence-corrected chi connectivity index (χ4v) is 2.88. The summed E-state index contributed by atoms with van der Waals surface area (Å²) in [6.45, 7) is 1.45. The Bertz CT molecular complexity index is 960. The standard InChI is InChI=1S/C19H17NO4/c1-11(21)9-14(12-5-3-2-4-6-12)17-18(22)15-10-13(20)7-8-16(15)24-19(17)23/h2-8,10,14,22H,9,20H2,1H3. The number of carbonyl (C=O) groups is 1. The van der Waals surface area contributed by atoms with Crippen LogP contribution < -0.4 is 11.4 Å². The van der Waals surface area contributed by atoms with Gasteiger partial charge in [0, 0.05) is 18.0 Å². The zero-order chi connectivity index (χ0) is 17.3. The molecule has 0 amide bonds. The van der Waals surface area contributed by atoms with Gasteiger partial charge >= 0.3 is 5.63 Å². The molecular weight excluding hydrogens is 306 g/mol. The van der Waals surface area contributed by atoms with Crippen LogP contribution in [0.5, 0.6) is 5.75 Å². The van der Waals surface area contributed by atoms with Crippen molar-refractivity contribution in [3.63, 3.8) is 0 Å². The van der Waals surface area contributed by atoms with E-state index in [9.17, 15) is 14.7 Å². The molecule has 2 aromatic carbocycles. The fourth-order valence-electron chi connectivity index (χ4n) is 2.88. The van der Waals surface area contributed by atoms with E-state index in [1.54, 1.807) is 12.1 Å². The fraction of sp³-hybridized carbons (Fsp3) is 0.158. The molecule has 24 heavy (non-hydrogen) atoms. The van der Waals surface area contributed by atoms with Crippen molar-refractivity contribution in [1.82, 2.24) is 0 Å². The van der Waals surface area contributed by atoms with Gasteiger partial charge in [0.1, 0.15) is 17.1 Å². The molecule has 0 spiro atoms. The quantitative estimate of drug-likeness (QED) is 0.568. The largest absolute Gasteiger partial charge is 0.507 e. The van der Waals surface area contributed by atoms with E-state index >= 15 is 0 Å². The zero-order valence-electron chi connectivity index (χ0n) is 13.2. The Hall–Kier alpha value is -3.08. The highest BCUT2D eigenvalue weighted by molar-refractivity contribution is 5.87. The molecule has 3 rings (SSSR count). The van der Waals surface area contributed by atoms with Gasteiger partial charge in [-0.05, 0) is 30.7 Å². The van der Waals surface area contributed by atoms with Crippen LogP contribution in [0.3, 0.4) is 0 Å². The van der Waals surface area contributed by atoms with Crippen molar-refractivity contribution in [3.8, 4) is 5.75 Å². The number of ketones is 1. The molecule has 0 aliphatic rings. The van der Waals surface area contributed by atoms with Crippen LogP contribution in [0.25, 0.3) is 11.0 Å². The Labute approximate surface area is 138 Å². The SMILES string of the molecule is CC(=O)CC(c1ccccc1)c1c(O)c2cc(N)ccc2oc1=O. The number of nitrogen functional groups attached to an aromatic ring is 1. The number of rotatable bonds is 4. The van der Waals surface area contributed by atoms with E-state index in [0.717, 1.165) is 5.56 Å². The van der Waals surface area contributed by atoms with Crippen molar-refractivity contribution >= 4 is 22.4 Å². The zero-order valence-corrected chi connectivity index (χ0v) is 13.2. The Morgan fingerprint density at radius 2 is 1.92 bits per heavy atom. The average Bonchev–Trinajstić information content (AvgIpc) is 2.55. The van der Waals surface area contributed by atoms with Crippen LogP contribution in [0.2, 0.25) is 0 Å². The minimum absolute atomic E-state index is 0.0782. The van der Waals surface area contributed by atoms with E-state index < -0.39 is 11.5 Å². The van der Waals surface area contributed by atoms with Gasteiger partial charge in [-0.25, -0.2) is 4.79 Å². The number of Topliss-reactive ketones (excluding diaryl/α,β-unsaturated/α-hetero) is 1. The maximum atomic E-state index is 12.5. The second-order valence-corrected chi connectivity index (χ2v) is 5.78. The van der Waals surface area contributed by atoms with Crippen molar-refractivity contribution in [2.24, 2.45) is 0 Å². The summed E-state index contributed by atoms with van der Waals surface area (Å²) in [7, 11) is 0. The van der Waals surface area contributed by atoms with Crippen LogP contribution >= 0.6 is 0 Å². The van der Waals surface area contributed by atoms with Gasteiger partial charge in [-0.3, -0.25) is 4.79 Å². The van der Waals surface area contributed by atoms with Gasteiger partial charge in [0.15, 0.2) is 0 Å². The van der Waals surface area contributed by atoms with Gasteiger partial charge in [0.25, 0.3) is 0 Å². The first kappa shape index (κ1) is 15.8. The van der Waals surface area contributed by atoms with E-state index in [1.807, 2.05) is 30.3 Å². The smallest absolute Gasteiger partial charge is 0.343 e. The van der Waals surface area contributed by atoms with Crippen LogP contribution in [-0.2, 0) is 4.79 Å². The molecule has 0 aliphatic heterocycles. The molecule has 3 N–H and O–H groups in total. The highest BCUT2D eigenvalue weighted by Crippen LogP contribution is 2.36. The number of hydrogen-bond acceptors (Lipinski definition) is 5. The molecule has 122 valence electrons. The summed E-state index contributed by atoms with van der Waals surface area (Å²) in [5.41, 5.74) is 6.65. The molecule has 0 radical (unpaired) electrons. The number of nitrogens with two attached hydrogens (primary N) is 1. The number of fused-ring (bicyclic) bond motifs is 1. The minimum atomic E-state index is -0.653. The summed E-state index contributed by atoms with van der Waals surface area (Å²) in [5, 5.41) is 11.0. The second kappa shape index (κ2) is 6.20. The molecule has 1 heterocycles. The van der Waals surface area contributed by atoms with Crippen molar-refractivity contribution in [2.75, 3.05) is 5.73 Å². The number of anilines is 1. The molecule has 5 nitrogen and oxygen atoms in total. The summed E-state index contributed by atoms with van der Waals surface area (Å²) < 4.78 is 5.33. The first-order valence-corrected chi connectivity index (χ1v) is 7.57. The van der Waals surface area contributed by atoms with Crippen LogP contribution in [0.15, 0.2) is 57.7 Å². The lowest BCUT2D eigenvalue weighted by atomic mass is 9.87. The number of carbonyl (C=O) groups excluding carboxylic acids is 1. The monoisotopic (exact) mass is 323 g/mol. The molecule has 0 saturated carbocycles. The van der Waals surface area contributed by atoms with Gasteiger partial charge < -0.3 is 15.3 Å². The number of hydrogen-bond donors (Lipinski definition) is 2. The topological polar surface area (TPSA) is 93.5 Å². The van der Waals surface area contributed by atoms with Gasteiger partial charge in [0.05, 0.1) is 10.9 Å². The first-order valence-electron chi connectivity index (χ1n) is 7.57. The van der Waals surface area contributed by atoms with E-state index in [2.05, 4.69) is 0 Å². The maximum absolute atomic E-state index is 12.5. The highest BCUT2D eigenvalue weighted by Gasteiger charge is 2.25. The molecule has 3 aromatic rings. The third-order valence-electron chi connectivity index (χ3n) is 3.98. The summed E-state index contributed by atoms with van der Waals surface area (Å²) in [6.07, 6.45) is 0.0934. The van der Waals surface area contributed by atoms with Gasteiger partial charge in [-0.2, -0.15) is 0 Å². The van der Waals surface area contributed by atoms with Crippen LogP contribution in [0, 0.1) is 0 Å². The third kappa shape index (κ3) is 2.88. The summed E-state index contributed by atoms with van der Waals surface area (Å²) in [6, 6.07) is 13.8. The lowest BCUT2D eigenvalue weighted by Gasteiger charge is -2.17. The van der Waals surface area contributed by atoms with Gasteiger partial charge in [0.2, 0.25) is 0 Å². The molecule has 1 unspecified atom stereocenters. The molecule has 0 aliphatic carbocycles. The summed E-state index contributed by atoms with van der Waals surface area (Å²) in [5.74, 6) is -0.857. The Morgan fingerprint density at radius 3 is 2.58 bits per heavy atom. The molecule has 5 heteroatoms. The van der Waals surface area contributed by atoms with Crippen LogP contribution in [0.1, 0.15) is 30.4 Å². The van der Waals surface area contributed by atoms with Gasteiger partial charge in [-0.15, -0.1) is 0 Å². The maximum Gasteiger partial charge on any atom is 0.343 e. The Balaban J connectivity index is 2.28. The predicted molar refractivity (Wildman–Crippen MR) is 92.1 cm³/mol. The second-order valence-electron chi connectivity index (χ2n) is 5.78. The third-order valence-corrected chi connectivity index (χ3v) is 3.98. The van der Waals surface area contributed by atoms with Crippen molar-refractivity contribution in [1.29, 1.82) is 0 Å². The molecule has 0 bridgehead atoms. The summed E-state index contributed by atoms with van der Waals surface area (Å²) >= 11 is 0. The van der Waals surface area contributed by atoms with Crippen LogP contribution in [-0.4, -0.2) is 10.9 Å². The van der Waals surface area contributed by atoms with Crippen molar-refractivity contribution in [3.05, 3.63) is 70.1 Å². The Morgan fingerprint density at radius 1 is 1.21 bits per heavy atom. The minimum Gasteiger partial charge on any atom is -0.507 e. The van der Waals surface area contributed by atoms with E-state index in [0.29, 0.717) is 11.1 Å². The van der Waals surface area contributed by atoms with Crippen LogP contribution in [0.4, 0.5) is 5.69 Å². The molecule has 1 aromatic heterocycles. The highest BCUT2D eigenvalue weighted by atomic mass is 16.4. The normalized spacial score (nSPS) is 12.2. The average molecular weight is 323 g/mol. The van der Waals surface area contributed by atoms with Gasteiger partial charge in [-0.1, -0.05) is 30.3 Å². The van der Waals surface area contributed by atoms with Crippen molar-refractivity contribution < 1.29 is 14.3 Å². The first-order chi connectivity index (χ1) is 11.5. The van der Waals surface area contributed by atoms with E-state index in [4.69, 9.17) is 10.2 Å². The molecule has 0 saturated heterocycles. The van der Waals surface area contributed by atoms with Crippen molar-refractivity contribution in [2.45, 2.75) is 19.3 Å². The Kier molecular flexibility index (Phi) is 4.08. The molecule has 1 atom stereocenters. The summed E-state index contributed by atoms with van der Waals surface area (Å²) in [4.78, 5) is 24.2.